The van der Waals surface area contributed by atoms with Crippen molar-refractivity contribution in [2.75, 3.05) is 11.9 Å². The normalized spacial score (nSPS) is 10.5. The summed E-state index contributed by atoms with van der Waals surface area (Å²) in [7, 11) is 0. The zero-order chi connectivity index (χ0) is 16.2. The molecule has 3 aromatic rings. The minimum atomic E-state index is -0.521. The fraction of sp³-hybridized carbons (Fsp3) is 0.125. The van der Waals surface area contributed by atoms with E-state index in [9.17, 15) is 9.59 Å². The van der Waals surface area contributed by atoms with Crippen molar-refractivity contribution in [3.63, 3.8) is 0 Å². The molecule has 1 amide bonds. The largest absolute Gasteiger partial charge is 0.452 e. The minimum Gasteiger partial charge on any atom is -0.452 e. The van der Waals surface area contributed by atoms with E-state index in [1.165, 1.54) is 0 Å². The highest BCUT2D eigenvalue weighted by Crippen LogP contribution is 2.21. The van der Waals surface area contributed by atoms with Gasteiger partial charge in [0.05, 0.1) is 23.0 Å². The molecule has 0 aliphatic rings. The SMILES string of the molecule is Cc1ccccc1C(=O)OCC(=O)Nc1cccc2nsnc12. The number of carbonyl (C=O) groups excluding carboxylic acids is 2. The molecule has 3 rings (SSSR count). The number of nitrogens with zero attached hydrogens (tertiary/aromatic N) is 2. The van der Waals surface area contributed by atoms with Gasteiger partial charge in [-0.15, -0.1) is 0 Å². The summed E-state index contributed by atoms with van der Waals surface area (Å²) >= 11 is 1.07. The number of esters is 1. The molecule has 116 valence electrons. The fourth-order valence-electron chi connectivity index (χ4n) is 2.10. The lowest BCUT2D eigenvalue weighted by atomic mass is 10.1. The Morgan fingerprint density at radius 1 is 1.13 bits per heavy atom. The first-order chi connectivity index (χ1) is 11.1. The third-order valence-electron chi connectivity index (χ3n) is 3.26. The van der Waals surface area contributed by atoms with Crippen LogP contribution in [0, 0.1) is 6.92 Å². The second-order valence-corrected chi connectivity index (χ2v) is 5.41. The number of nitrogens with one attached hydrogen (secondary N) is 1. The van der Waals surface area contributed by atoms with Crippen LogP contribution >= 0.6 is 11.7 Å². The topological polar surface area (TPSA) is 81.2 Å². The molecule has 0 fully saturated rings. The van der Waals surface area contributed by atoms with Gasteiger partial charge in [0.25, 0.3) is 5.91 Å². The van der Waals surface area contributed by atoms with Crippen molar-refractivity contribution in [3.05, 3.63) is 53.6 Å². The van der Waals surface area contributed by atoms with E-state index < -0.39 is 11.9 Å². The molecule has 0 aliphatic carbocycles. The number of carbonyl (C=O) groups is 2. The maximum atomic E-state index is 12.0. The highest BCUT2D eigenvalue weighted by molar-refractivity contribution is 7.00. The molecule has 23 heavy (non-hydrogen) atoms. The van der Waals surface area contributed by atoms with Gasteiger partial charge in [0, 0.05) is 0 Å². The molecule has 0 spiro atoms. The van der Waals surface area contributed by atoms with Crippen LogP contribution in [0.25, 0.3) is 11.0 Å². The van der Waals surface area contributed by atoms with Gasteiger partial charge in [0.2, 0.25) is 0 Å². The van der Waals surface area contributed by atoms with Crippen molar-refractivity contribution in [1.29, 1.82) is 0 Å². The number of aryl methyl sites for hydroxylation is 1. The van der Waals surface area contributed by atoms with Crippen molar-refractivity contribution in [2.45, 2.75) is 6.92 Å². The van der Waals surface area contributed by atoms with E-state index in [1.54, 1.807) is 24.3 Å². The quantitative estimate of drug-likeness (QED) is 0.745. The zero-order valence-electron chi connectivity index (χ0n) is 12.3. The number of rotatable bonds is 4. The Morgan fingerprint density at radius 2 is 1.96 bits per heavy atom. The molecule has 0 radical (unpaired) electrons. The first-order valence-electron chi connectivity index (χ1n) is 6.89. The van der Waals surface area contributed by atoms with Gasteiger partial charge >= 0.3 is 5.97 Å². The number of hydrogen-bond acceptors (Lipinski definition) is 6. The molecular weight excluding hydrogens is 314 g/mol. The van der Waals surface area contributed by atoms with Crippen LogP contribution in [0.3, 0.4) is 0 Å². The molecule has 0 aliphatic heterocycles. The number of ether oxygens (including phenoxy) is 1. The monoisotopic (exact) mass is 327 g/mol. The van der Waals surface area contributed by atoms with E-state index in [0.717, 1.165) is 17.3 Å². The molecule has 0 saturated carbocycles. The van der Waals surface area contributed by atoms with Gasteiger partial charge in [-0.05, 0) is 30.7 Å². The second kappa shape index (κ2) is 6.53. The maximum Gasteiger partial charge on any atom is 0.338 e. The lowest BCUT2D eigenvalue weighted by molar-refractivity contribution is -0.119. The third kappa shape index (κ3) is 3.35. The Hall–Kier alpha value is -2.80. The van der Waals surface area contributed by atoms with Crippen molar-refractivity contribution in [2.24, 2.45) is 0 Å². The molecule has 1 aromatic heterocycles. The Labute approximate surface area is 136 Å². The van der Waals surface area contributed by atoms with Crippen LogP contribution in [0.2, 0.25) is 0 Å². The fourth-order valence-corrected chi connectivity index (χ4v) is 2.65. The Morgan fingerprint density at radius 3 is 2.78 bits per heavy atom. The van der Waals surface area contributed by atoms with Crippen molar-refractivity contribution in [3.8, 4) is 0 Å². The highest BCUT2D eigenvalue weighted by Gasteiger charge is 2.13. The third-order valence-corrected chi connectivity index (χ3v) is 3.80. The minimum absolute atomic E-state index is 0.360. The molecular formula is C16H13N3O3S. The zero-order valence-corrected chi connectivity index (χ0v) is 13.1. The Balaban J connectivity index is 1.63. The number of aromatic nitrogens is 2. The molecule has 0 saturated heterocycles. The lowest BCUT2D eigenvalue weighted by Crippen LogP contribution is -2.21. The molecule has 1 heterocycles. The van der Waals surface area contributed by atoms with Gasteiger partial charge in [-0.1, -0.05) is 24.3 Å². The molecule has 0 bridgehead atoms. The van der Waals surface area contributed by atoms with Gasteiger partial charge in [-0.2, -0.15) is 8.75 Å². The number of hydrogen-bond donors (Lipinski definition) is 1. The molecule has 7 heteroatoms. The molecule has 0 atom stereocenters. The summed E-state index contributed by atoms with van der Waals surface area (Å²) < 4.78 is 13.3. The van der Waals surface area contributed by atoms with Crippen LogP contribution in [-0.2, 0) is 9.53 Å². The van der Waals surface area contributed by atoms with E-state index in [0.29, 0.717) is 22.3 Å². The van der Waals surface area contributed by atoms with Crippen LogP contribution in [0.15, 0.2) is 42.5 Å². The van der Waals surface area contributed by atoms with Crippen molar-refractivity contribution >= 4 is 40.3 Å². The van der Waals surface area contributed by atoms with E-state index in [4.69, 9.17) is 4.74 Å². The molecule has 6 nitrogen and oxygen atoms in total. The molecule has 1 N–H and O–H groups in total. The summed E-state index contributed by atoms with van der Waals surface area (Å²) in [5.41, 5.74) is 3.14. The van der Waals surface area contributed by atoms with Gasteiger partial charge < -0.3 is 10.1 Å². The van der Waals surface area contributed by atoms with E-state index in [1.807, 2.05) is 25.1 Å². The smallest absolute Gasteiger partial charge is 0.338 e. The van der Waals surface area contributed by atoms with Gasteiger partial charge in [0.15, 0.2) is 6.61 Å². The van der Waals surface area contributed by atoms with Crippen molar-refractivity contribution < 1.29 is 14.3 Å². The average molecular weight is 327 g/mol. The number of amides is 1. The molecule has 2 aromatic carbocycles. The first kappa shape index (κ1) is 15.1. The van der Waals surface area contributed by atoms with E-state index in [2.05, 4.69) is 14.1 Å². The van der Waals surface area contributed by atoms with Crippen LogP contribution < -0.4 is 5.32 Å². The summed E-state index contributed by atoms with van der Waals surface area (Å²) in [6.07, 6.45) is 0. The predicted octanol–water partition coefficient (Wildman–Crippen LogP) is 2.80. The lowest BCUT2D eigenvalue weighted by Gasteiger charge is -2.08. The summed E-state index contributed by atoms with van der Waals surface area (Å²) in [6.45, 7) is 1.45. The van der Waals surface area contributed by atoms with Gasteiger partial charge in [-0.3, -0.25) is 4.79 Å². The van der Waals surface area contributed by atoms with Crippen LogP contribution in [0.5, 0.6) is 0 Å². The van der Waals surface area contributed by atoms with E-state index in [-0.39, 0.29) is 6.61 Å². The highest BCUT2D eigenvalue weighted by atomic mass is 32.1. The van der Waals surface area contributed by atoms with Crippen LogP contribution in [0.1, 0.15) is 15.9 Å². The number of anilines is 1. The standard InChI is InChI=1S/C16H13N3O3S/c1-10-5-2-3-6-11(10)16(21)22-9-14(20)17-12-7-4-8-13-15(12)19-23-18-13/h2-8H,9H2,1H3,(H,17,20). The Kier molecular flexibility index (Phi) is 4.29. The van der Waals surface area contributed by atoms with Gasteiger partial charge in [-0.25, -0.2) is 4.79 Å². The summed E-state index contributed by atoms with van der Waals surface area (Å²) in [4.78, 5) is 23.9. The molecule has 0 unspecified atom stereocenters. The number of fused-ring (bicyclic) bond motifs is 1. The van der Waals surface area contributed by atoms with Gasteiger partial charge in [0.1, 0.15) is 11.0 Å². The van der Waals surface area contributed by atoms with E-state index >= 15 is 0 Å². The Bertz CT molecular complexity index is 876. The summed E-state index contributed by atoms with van der Waals surface area (Å²) in [5.74, 6) is -0.945. The average Bonchev–Trinajstić information content (AvgIpc) is 3.03. The van der Waals surface area contributed by atoms with Crippen molar-refractivity contribution in [1.82, 2.24) is 8.75 Å². The maximum absolute atomic E-state index is 12.0. The summed E-state index contributed by atoms with van der Waals surface area (Å²) in [6, 6.07) is 12.4. The van der Waals surface area contributed by atoms with Crippen LogP contribution in [-0.4, -0.2) is 27.2 Å². The predicted molar refractivity (Wildman–Crippen MR) is 87.5 cm³/mol. The first-order valence-corrected chi connectivity index (χ1v) is 7.62. The van der Waals surface area contributed by atoms with Crippen LogP contribution in [0.4, 0.5) is 5.69 Å². The summed E-state index contributed by atoms with van der Waals surface area (Å²) in [5, 5.41) is 2.68. The second-order valence-electron chi connectivity index (χ2n) is 4.88. The number of benzene rings is 2.